The maximum atomic E-state index is 9.98. The van der Waals surface area contributed by atoms with Gasteiger partial charge in [0, 0.05) is 13.1 Å². The fourth-order valence-electron chi connectivity index (χ4n) is 2.91. The first-order valence-corrected chi connectivity index (χ1v) is 7.87. The molecule has 1 saturated heterocycles. The van der Waals surface area contributed by atoms with Crippen LogP contribution < -0.4 is 5.32 Å². The number of nitrogens with one attached hydrogen (secondary N) is 1. The van der Waals surface area contributed by atoms with Crippen molar-refractivity contribution in [2.45, 2.75) is 58.5 Å². The number of nitrogens with zero attached hydrogens (tertiary/aromatic N) is 1. The largest absolute Gasteiger partial charge is 0.390 e. The van der Waals surface area contributed by atoms with E-state index in [1.807, 2.05) is 0 Å². The normalized spacial score (nSPS) is 23.8. The number of likely N-dealkylation sites (tertiary alicyclic amines) is 1. The second-order valence-electron chi connectivity index (χ2n) is 5.74. The van der Waals surface area contributed by atoms with Crippen molar-refractivity contribution in [1.29, 1.82) is 0 Å². The van der Waals surface area contributed by atoms with Gasteiger partial charge in [-0.1, -0.05) is 26.7 Å². The van der Waals surface area contributed by atoms with E-state index >= 15 is 0 Å². The zero-order chi connectivity index (χ0) is 13.2. The lowest BCUT2D eigenvalue weighted by Crippen LogP contribution is -2.39. The van der Waals surface area contributed by atoms with Crippen molar-refractivity contribution in [3.63, 3.8) is 0 Å². The van der Waals surface area contributed by atoms with Crippen molar-refractivity contribution in [3.8, 4) is 0 Å². The van der Waals surface area contributed by atoms with E-state index in [2.05, 4.69) is 24.1 Å². The molecule has 0 saturated carbocycles. The van der Waals surface area contributed by atoms with Crippen LogP contribution >= 0.6 is 0 Å². The summed E-state index contributed by atoms with van der Waals surface area (Å²) in [5.74, 6) is 0.926. The molecule has 0 aromatic rings. The molecule has 18 heavy (non-hydrogen) atoms. The first-order chi connectivity index (χ1) is 8.76. The second kappa shape index (κ2) is 9.76. The molecule has 0 amide bonds. The van der Waals surface area contributed by atoms with Gasteiger partial charge in [0.05, 0.1) is 6.10 Å². The molecule has 0 radical (unpaired) electrons. The Morgan fingerprint density at radius 3 is 2.78 bits per heavy atom. The van der Waals surface area contributed by atoms with Crippen LogP contribution in [0.25, 0.3) is 0 Å². The lowest BCUT2D eigenvalue weighted by atomic mass is 9.96. The van der Waals surface area contributed by atoms with Crippen LogP contribution in [0.1, 0.15) is 52.4 Å². The van der Waals surface area contributed by atoms with Crippen LogP contribution in [0.5, 0.6) is 0 Å². The van der Waals surface area contributed by atoms with E-state index in [4.69, 9.17) is 0 Å². The maximum absolute atomic E-state index is 9.98. The molecule has 0 aromatic carbocycles. The Bertz CT molecular complexity index is 199. The van der Waals surface area contributed by atoms with Crippen LogP contribution in [0.15, 0.2) is 0 Å². The summed E-state index contributed by atoms with van der Waals surface area (Å²) >= 11 is 0. The third kappa shape index (κ3) is 6.72. The van der Waals surface area contributed by atoms with E-state index < -0.39 is 0 Å². The molecule has 0 bridgehead atoms. The van der Waals surface area contributed by atoms with Crippen LogP contribution in [0.4, 0.5) is 0 Å². The number of hydrogen-bond donors (Lipinski definition) is 2. The van der Waals surface area contributed by atoms with E-state index in [1.54, 1.807) is 0 Å². The molecule has 0 spiro atoms. The average Bonchev–Trinajstić information content (AvgIpc) is 2.56. The van der Waals surface area contributed by atoms with Gasteiger partial charge in [-0.2, -0.15) is 0 Å². The van der Waals surface area contributed by atoms with Crippen molar-refractivity contribution in [3.05, 3.63) is 0 Å². The van der Waals surface area contributed by atoms with Gasteiger partial charge in [-0.3, -0.25) is 0 Å². The van der Waals surface area contributed by atoms with E-state index in [1.165, 1.54) is 45.2 Å². The number of rotatable bonds is 8. The highest BCUT2D eigenvalue weighted by atomic mass is 16.3. The fourth-order valence-corrected chi connectivity index (χ4v) is 2.91. The van der Waals surface area contributed by atoms with E-state index in [0.29, 0.717) is 0 Å². The maximum Gasteiger partial charge on any atom is 0.0791 e. The topological polar surface area (TPSA) is 35.5 Å². The Morgan fingerprint density at radius 2 is 2.06 bits per heavy atom. The Balaban J connectivity index is 2.17. The first kappa shape index (κ1) is 15.9. The molecular weight excluding hydrogens is 224 g/mol. The number of aliphatic hydroxyl groups excluding tert-OH is 1. The third-order valence-corrected chi connectivity index (χ3v) is 3.91. The highest BCUT2D eigenvalue weighted by Gasteiger charge is 2.18. The number of β-amino-alcohol motifs (C(OH)–C–C–N with tert-alkyl or cyclic N) is 1. The summed E-state index contributed by atoms with van der Waals surface area (Å²) in [4.78, 5) is 2.45. The average molecular weight is 256 g/mol. The van der Waals surface area contributed by atoms with Crippen molar-refractivity contribution < 1.29 is 5.11 Å². The minimum Gasteiger partial charge on any atom is -0.390 e. The summed E-state index contributed by atoms with van der Waals surface area (Å²) in [6.07, 6.45) is 7.63. The van der Waals surface area contributed by atoms with Gasteiger partial charge >= 0.3 is 0 Å². The molecule has 3 nitrogen and oxygen atoms in total. The summed E-state index contributed by atoms with van der Waals surface area (Å²) in [5.41, 5.74) is 0. The second-order valence-corrected chi connectivity index (χ2v) is 5.74. The van der Waals surface area contributed by atoms with Crippen molar-refractivity contribution in [2.75, 3.05) is 32.7 Å². The Kier molecular flexibility index (Phi) is 8.64. The summed E-state index contributed by atoms with van der Waals surface area (Å²) in [7, 11) is 0. The van der Waals surface area contributed by atoms with Crippen LogP contribution in [-0.4, -0.2) is 48.8 Å². The summed E-state index contributed by atoms with van der Waals surface area (Å²) in [5, 5.41) is 13.3. The van der Waals surface area contributed by atoms with Gasteiger partial charge in [-0.05, 0) is 51.2 Å². The molecule has 1 fully saturated rings. The smallest absolute Gasteiger partial charge is 0.0791 e. The molecule has 1 aliphatic heterocycles. The Labute approximate surface area is 113 Å². The molecule has 1 rings (SSSR count). The lowest BCUT2D eigenvalue weighted by Gasteiger charge is -2.23. The predicted molar refractivity (Wildman–Crippen MR) is 77.9 cm³/mol. The Hall–Kier alpha value is -0.120. The summed E-state index contributed by atoms with van der Waals surface area (Å²) in [6.45, 7) is 9.38. The minimum atomic E-state index is -0.209. The highest BCUT2D eigenvalue weighted by molar-refractivity contribution is 4.73. The van der Waals surface area contributed by atoms with Gasteiger partial charge in [0.25, 0.3) is 0 Å². The number of aliphatic hydroxyl groups is 1. The standard InChI is InChI=1S/C15H32N2O/c1-3-6-14-7-5-10-17(11-8-14)13-15(18)12-16-9-4-2/h14-16,18H,3-13H2,1-2H3. The first-order valence-electron chi connectivity index (χ1n) is 7.87. The molecular formula is C15H32N2O. The zero-order valence-electron chi connectivity index (χ0n) is 12.3. The van der Waals surface area contributed by atoms with Crippen LogP contribution in [0.2, 0.25) is 0 Å². The fraction of sp³-hybridized carbons (Fsp3) is 1.00. The molecule has 1 heterocycles. The molecule has 2 N–H and O–H groups in total. The molecule has 3 heteroatoms. The lowest BCUT2D eigenvalue weighted by molar-refractivity contribution is 0.112. The van der Waals surface area contributed by atoms with E-state index in [9.17, 15) is 5.11 Å². The highest BCUT2D eigenvalue weighted by Crippen LogP contribution is 2.21. The van der Waals surface area contributed by atoms with E-state index in [0.717, 1.165) is 32.0 Å². The molecule has 0 aromatic heterocycles. The van der Waals surface area contributed by atoms with Crippen molar-refractivity contribution in [2.24, 2.45) is 5.92 Å². The van der Waals surface area contributed by atoms with Crippen LogP contribution in [-0.2, 0) is 0 Å². The van der Waals surface area contributed by atoms with Gasteiger partial charge in [0.15, 0.2) is 0 Å². The van der Waals surface area contributed by atoms with Gasteiger partial charge in [-0.15, -0.1) is 0 Å². The molecule has 2 unspecified atom stereocenters. The molecule has 108 valence electrons. The van der Waals surface area contributed by atoms with Gasteiger partial charge in [-0.25, -0.2) is 0 Å². The van der Waals surface area contributed by atoms with E-state index in [-0.39, 0.29) is 6.10 Å². The van der Waals surface area contributed by atoms with Crippen molar-refractivity contribution in [1.82, 2.24) is 10.2 Å². The van der Waals surface area contributed by atoms with Gasteiger partial charge in [0.2, 0.25) is 0 Å². The molecule has 2 atom stereocenters. The summed E-state index contributed by atoms with van der Waals surface area (Å²) in [6, 6.07) is 0. The van der Waals surface area contributed by atoms with Crippen LogP contribution in [0.3, 0.4) is 0 Å². The molecule has 0 aliphatic carbocycles. The van der Waals surface area contributed by atoms with Crippen LogP contribution in [0, 0.1) is 5.92 Å². The minimum absolute atomic E-state index is 0.209. The van der Waals surface area contributed by atoms with Gasteiger partial charge in [0.1, 0.15) is 0 Å². The third-order valence-electron chi connectivity index (χ3n) is 3.91. The Morgan fingerprint density at radius 1 is 1.22 bits per heavy atom. The molecule has 1 aliphatic rings. The van der Waals surface area contributed by atoms with Gasteiger partial charge < -0.3 is 15.3 Å². The number of hydrogen-bond acceptors (Lipinski definition) is 3. The SMILES string of the molecule is CCCNCC(O)CN1CCCC(CCC)CC1. The zero-order valence-corrected chi connectivity index (χ0v) is 12.3. The monoisotopic (exact) mass is 256 g/mol. The predicted octanol–water partition coefficient (Wildman–Crippen LogP) is 2.25. The quantitative estimate of drug-likeness (QED) is 0.654. The van der Waals surface area contributed by atoms with Crippen molar-refractivity contribution >= 4 is 0 Å². The summed E-state index contributed by atoms with van der Waals surface area (Å²) < 4.78 is 0.